The quantitative estimate of drug-likeness (QED) is 0.699. The van der Waals surface area contributed by atoms with Gasteiger partial charge in [-0.15, -0.1) is 0 Å². The van der Waals surface area contributed by atoms with Gasteiger partial charge in [0, 0.05) is 38.3 Å². The molecule has 0 aromatic rings. The van der Waals surface area contributed by atoms with Gasteiger partial charge in [0.25, 0.3) is 0 Å². The fourth-order valence-corrected chi connectivity index (χ4v) is 2.96. The lowest BCUT2D eigenvalue weighted by Gasteiger charge is -2.50. The number of likely N-dealkylation sites (tertiary alicyclic amines) is 1. The van der Waals surface area contributed by atoms with Crippen molar-refractivity contribution in [3.63, 3.8) is 0 Å². The van der Waals surface area contributed by atoms with E-state index in [1.165, 1.54) is 52.1 Å². The summed E-state index contributed by atoms with van der Waals surface area (Å²) in [6.07, 6.45) is 2.48. The maximum atomic E-state index is 6.08. The van der Waals surface area contributed by atoms with Crippen LogP contribution in [0.4, 0.5) is 0 Å². The zero-order valence-corrected chi connectivity index (χ0v) is 10.8. The van der Waals surface area contributed by atoms with Crippen molar-refractivity contribution in [2.24, 2.45) is 5.73 Å². The van der Waals surface area contributed by atoms with Crippen LogP contribution in [0.1, 0.15) is 12.8 Å². The van der Waals surface area contributed by atoms with Gasteiger partial charge >= 0.3 is 0 Å². The molecule has 0 bridgehead atoms. The Morgan fingerprint density at radius 2 is 1.38 bits per heavy atom. The molecule has 0 aromatic carbocycles. The number of nitrogens with zero attached hydrogens (tertiary/aromatic N) is 3. The third-order valence-electron chi connectivity index (χ3n) is 4.47. The van der Waals surface area contributed by atoms with Gasteiger partial charge in [0.05, 0.1) is 0 Å². The van der Waals surface area contributed by atoms with Gasteiger partial charge in [-0.2, -0.15) is 0 Å². The van der Waals surface area contributed by atoms with Gasteiger partial charge in [0.2, 0.25) is 0 Å². The summed E-state index contributed by atoms with van der Waals surface area (Å²) in [5.74, 6) is 0. The van der Waals surface area contributed by atoms with Crippen molar-refractivity contribution in [1.29, 1.82) is 0 Å². The van der Waals surface area contributed by atoms with Crippen LogP contribution in [0.5, 0.6) is 0 Å². The largest absolute Gasteiger partial charge is 0.329 e. The van der Waals surface area contributed by atoms with Gasteiger partial charge in [-0.25, -0.2) is 0 Å². The molecule has 2 aliphatic rings. The van der Waals surface area contributed by atoms with E-state index in [-0.39, 0.29) is 0 Å². The molecule has 2 saturated heterocycles. The van der Waals surface area contributed by atoms with E-state index < -0.39 is 0 Å². The Hall–Kier alpha value is -0.160. The number of likely N-dealkylation sites (N-methyl/N-ethyl adjacent to an activating group) is 1. The zero-order chi connectivity index (χ0) is 11.6. The summed E-state index contributed by atoms with van der Waals surface area (Å²) < 4.78 is 0. The van der Waals surface area contributed by atoms with Crippen molar-refractivity contribution < 1.29 is 0 Å². The third-order valence-corrected chi connectivity index (χ3v) is 4.47. The number of piperazine rings is 1. The Labute approximate surface area is 99.4 Å². The summed E-state index contributed by atoms with van der Waals surface area (Å²) in [5.41, 5.74) is 6.37. The van der Waals surface area contributed by atoms with E-state index in [0.717, 1.165) is 6.54 Å². The highest BCUT2D eigenvalue weighted by atomic mass is 15.3. The summed E-state index contributed by atoms with van der Waals surface area (Å²) in [6.45, 7) is 7.99. The second kappa shape index (κ2) is 5.00. The summed E-state index contributed by atoms with van der Waals surface area (Å²) in [5, 5.41) is 0. The summed E-state index contributed by atoms with van der Waals surface area (Å²) >= 11 is 0. The highest BCUT2D eigenvalue weighted by Gasteiger charge is 2.38. The van der Waals surface area contributed by atoms with Crippen LogP contribution in [0, 0.1) is 0 Å². The molecule has 4 nitrogen and oxygen atoms in total. The molecule has 0 atom stereocenters. The molecule has 2 rings (SSSR count). The predicted molar refractivity (Wildman–Crippen MR) is 67.6 cm³/mol. The molecule has 2 N–H and O–H groups in total. The number of hydrogen-bond donors (Lipinski definition) is 1. The first kappa shape index (κ1) is 12.3. The minimum atomic E-state index is 0.299. The topological polar surface area (TPSA) is 35.7 Å². The minimum Gasteiger partial charge on any atom is -0.329 e. The maximum Gasteiger partial charge on any atom is 0.0357 e. The van der Waals surface area contributed by atoms with Crippen LogP contribution in [-0.2, 0) is 0 Å². The van der Waals surface area contributed by atoms with Crippen LogP contribution in [0.3, 0.4) is 0 Å². The molecule has 0 unspecified atom stereocenters. The smallest absolute Gasteiger partial charge is 0.0357 e. The lowest BCUT2D eigenvalue weighted by atomic mass is 9.85. The Kier molecular flexibility index (Phi) is 3.85. The Morgan fingerprint density at radius 3 is 1.88 bits per heavy atom. The van der Waals surface area contributed by atoms with Crippen molar-refractivity contribution in [1.82, 2.24) is 14.7 Å². The van der Waals surface area contributed by atoms with Gasteiger partial charge in [0.15, 0.2) is 0 Å². The number of nitrogens with two attached hydrogens (primary N) is 1. The average Bonchev–Trinajstić information content (AvgIpc) is 2.32. The standard InChI is InChI=1S/C12H26N4/c1-14-5-3-12(11-13,4-6-14)16-9-7-15(2)8-10-16/h3-11,13H2,1-2H3. The maximum absolute atomic E-state index is 6.08. The lowest BCUT2D eigenvalue weighted by Crippen LogP contribution is -2.63. The first-order valence-corrected chi connectivity index (χ1v) is 6.48. The molecular weight excluding hydrogens is 200 g/mol. The second-order valence-corrected chi connectivity index (χ2v) is 5.52. The molecule has 16 heavy (non-hydrogen) atoms. The monoisotopic (exact) mass is 226 g/mol. The highest BCUT2D eigenvalue weighted by molar-refractivity contribution is 4.97. The first-order valence-electron chi connectivity index (χ1n) is 6.48. The molecule has 0 aromatic heterocycles. The normalized spacial score (nSPS) is 29.4. The van der Waals surface area contributed by atoms with Crippen LogP contribution in [0.2, 0.25) is 0 Å². The Balaban J connectivity index is 1.98. The van der Waals surface area contributed by atoms with Crippen LogP contribution in [0.15, 0.2) is 0 Å². The van der Waals surface area contributed by atoms with Crippen LogP contribution < -0.4 is 5.73 Å². The molecule has 0 amide bonds. The van der Waals surface area contributed by atoms with E-state index in [0.29, 0.717) is 5.54 Å². The zero-order valence-electron chi connectivity index (χ0n) is 10.8. The van der Waals surface area contributed by atoms with Gasteiger partial charge in [0.1, 0.15) is 0 Å². The van der Waals surface area contributed by atoms with E-state index in [2.05, 4.69) is 28.8 Å². The summed E-state index contributed by atoms with van der Waals surface area (Å²) in [6, 6.07) is 0. The van der Waals surface area contributed by atoms with Crippen LogP contribution in [0.25, 0.3) is 0 Å². The summed E-state index contributed by atoms with van der Waals surface area (Å²) in [7, 11) is 4.42. The number of hydrogen-bond acceptors (Lipinski definition) is 4. The predicted octanol–water partition coefficient (Wildman–Crippen LogP) is -0.343. The molecule has 0 radical (unpaired) electrons. The van der Waals surface area contributed by atoms with Gasteiger partial charge in [-0.3, -0.25) is 4.90 Å². The molecule has 2 heterocycles. The van der Waals surface area contributed by atoms with E-state index in [1.54, 1.807) is 0 Å². The minimum absolute atomic E-state index is 0.299. The number of rotatable bonds is 2. The number of piperidine rings is 1. The average molecular weight is 226 g/mol. The molecule has 0 aliphatic carbocycles. The van der Waals surface area contributed by atoms with E-state index in [1.807, 2.05) is 0 Å². The molecular formula is C12H26N4. The second-order valence-electron chi connectivity index (χ2n) is 5.52. The molecule has 0 saturated carbocycles. The van der Waals surface area contributed by atoms with Gasteiger partial charge in [-0.1, -0.05) is 0 Å². The molecule has 0 spiro atoms. The molecule has 94 valence electrons. The molecule has 2 fully saturated rings. The van der Waals surface area contributed by atoms with Gasteiger partial charge < -0.3 is 15.5 Å². The van der Waals surface area contributed by atoms with Crippen molar-refractivity contribution in [3.8, 4) is 0 Å². The molecule has 2 aliphatic heterocycles. The van der Waals surface area contributed by atoms with Crippen molar-refractivity contribution in [2.45, 2.75) is 18.4 Å². The van der Waals surface area contributed by atoms with E-state index in [4.69, 9.17) is 5.73 Å². The molecule has 4 heteroatoms. The van der Waals surface area contributed by atoms with Crippen LogP contribution >= 0.6 is 0 Å². The van der Waals surface area contributed by atoms with Crippen molar-refractivity contribution in [3.05, 3.63) is 0 Å². The fourth-order valence-electron chi connectivity index (χ4n) is 2.96. The highest BCUT2D eigenvalue weighted by Crippen LogP contribution is 2.28. The Bertz CT molecular complexity index is 215. The summed E-state index contributed by atoms with van der Waals surface area (Å²) in [4.78, 5) is 7.49. The first-order chi connectivity index (χ1) is 7.66. The van der Waals surface area contributed by atoms with Crippen molar-refractivity contribution in [2.75, 3.05) is 59.9 Å². The van der Waals surface area contributed by atoms with E-state index >= 15 is 0 Å². The van der Waals surface area contributed by atoms with Crippen molar-refractivity contribution >= 4 is 0 Å². The lowest BCUT2D eigenvalue weighted by molar-refractivity contribution is 0.00391. The Morgan fingerprint density at radius 1 is 0.875 bits per heavy atom. The third kappa shape index (κ3) is 2.40. The van der Waals surface area contributed by atoms with E-state index in [9.17, 15) is 0 Å². The SMILES string of the molecule is CN1CCN(C2(CN)CCN(C)CC2)CC1. The van der Waals surface area contributed by atoms with Gasteiger partial charge in [-0.05, 0) is 40.0 Å². The fraction of sp³-hybridized carbons (Fsp3) is 1.00. The van der Waals surface area contributed by atoms with Crippen LogP contribution in [-0.4, -0.2) is 80.1 Å².